The molecule has 0 atom stereocenters. The van der Waals surface area contributed by atoms with Gasteiger partial charge in [-0.25, -0.2) is 0 Å². The summed E-state index contributed by atoms with van der Waals surface area (Å²) >= 11 is 3.39. The first kappa shape index (κ1) is 28.9. The number of anilines is 2. The molecule has 1 fully saturated rings. The van der Waals surface area contributed by atoms with E-state index >= 15 is 0 Å². The summed E-state index contributed by atoms with van der Waals surface area (Å²) in [5.74, 6) is 2.06. The van der Waals surface area contributed by atoms with E-state index in [4.69, 9.17) is 10.5 Å². The van der Waals surface area contributed by atoms with E-state index in [1.54, 1.807) is 20.1 Å². The number of hydrogen-bond donors (Lipinski definition) is 2. The number of rotatable bonds is 8. The van der Waals surface area contributed by atoms with Crippen molar-refractivity contribution >= 4 is 39.0 Å². The molecule has 1 amide bonds. The number of aryl methyl sites for hydroxylation is 1. The van der Waals surface area contributed by atoms with E-state index in [0.717, 1.165) is 57.8 Å². The third-order valence-electron chi connectivity index (χ3n) is 6.81. The van der Waals surface area contributed by atoms with Crippen LogP contribution in [0.1, 0.15) is 87.2 Å². The standard InChI is InChI=1S/C19H29NO2.C10H12BrNO/c1-4-5-6-15-8-10-16(11-9-15)19(21)20-17-12-7-14(2)18(13-17)22-3;1-3-8-9(6(2)13)4-7(12)5-10(8)11/h7,12-13,15-16H,4-6,8-11H2,1-3H3,(H,20,21);4-5H,3,12H2,1-2H3. The van der Waals surface area contributed by atoms with E-state index in [0.29, 0.717) is 5.69 Å². The van der Waals surface area contributed by atoms with Gasteiger partial charge in [-0.05, 0) is 81.2 Å². The van der Waals surface area contributed by atoms with Gasteiger partial charge in [-0.15, -0.1) is 0 Å². The number of hydrogen-bond acceptors (Lipinski definition) is 4. The minimum Gasteiger partial charge on any atom is -0.496 e. The Morgan fingerprint density at radius 3 is 2.37 bits per heavy atom. The highest BCUT2D eigenvalue weighted by Gasteiger charge is 2.26. The second-order valence-corrected chi connectivity index (χ2v) is 10.3. The van der Waals surface area contributed by atoms with Crippen LogP contribution in [0.2, 0.25) is 0 Å². The average molecular weight is 546 g/mol. The lowest BCUT2D eigenvalue weighted by Gasteiger charge is -2.27. The van der Waals surface area contributed by atoms with Gasteiger partial charge in [-0.1, -0.05) is 55.1 Å². The Morgan fingerprint density at radius 2 is 1.80 bits per heavy atom. The highest BCUT2D eigenvalue weighted by molar-refractivity contribution is 9.10. The Bertz CT molecular complexity index is 998. The van der Waals surface area contributed by atoms with Gasteiger partial charge in [0, 0.05) is 33.4 Å². The highest BCUT2D eigenvalue weighted by atomic mass is 79.9. The minimum atomic E-state index is 0.0600. The van der Waals surface area contributed by atoms with E-state index in [1.165, 1.54) is 32.1 Å². The molecule has 2 aromatic carbocycles. The Hall–Kier alpha value is -2.34. The van der Waals surface area contributed by atoms with Crippen molar-refractivity contribution < 1.29 is 14.3 Å². The molecule has 1 aliphatic rings. The summed E-state index contributed by atoms with van der Waals surface area (Å²) in [5.41, 5.74) is 9.92. The second-order valence-electron chi connectivity index (χ2n) is 9.47. The number of ketones is 1. The van der Waals surface area contributed by atoms with Crippen molar-refractivity contribution in [2.45, 2.75) is 79.1 Å². The molecule has 192 valence electrons. The molecule has 0 aromatic heterocycles. The molecule has 0 aliphatic heterocycles. The molecule has 3 rings (SSSR count). The molecule has 1 aliphatic carbocycles. The van der Waals surface area contributed by atoms with Crippen LogP contribution in [-0.2, 0) is 11.2 Å². The van der Waals surface area contributed by atoms with Crippen LogP contribution < -0.4 is 15.8 Å². The maximum Gasteiger partial charge on any atom is 0.227 e. The molecule has 5 nitrogen and oxygen atoms in total. The number of halogens is 1. The van der Waals surface area contributed by atoms with Crippen molar-refractivity contribution in [1.82, 2.24) is 0 Å². The molecule has 0 saturated heterocycles. The Morgan fingerprint density at radius 1 is 1.11 bits per heavy atom. The molecular weight excluding hydrogens is 504 g/mol. The van der Waals surface area contributed by atoms with Crippen LogP contribution in [-0.4, -0.2) is 18.8 Å². The third kappa shape index (κ3) is 8.68. The molecule has 0 spiro atoms. The zero-order valence-corrected chi connectivity index (χ0v) is 23.5. The van der Waals surface area contributed by atoms with Gasteiger partial charge in [0.15, 0.2) is 5.78 Å². The number of unbranched alkanes of at least 4 members (excludes halogenated alkanes) is 1. The fourth-order valence-corrected chi connectivity index (χ4v) is 5.44. The lowest BCUT2D eigenvalue weighted by molar-refractivity contribution is -0.121. The Labute approximate surface area is 219 Å². The second kappa shape index (κ2) is 14.3. The van der Waals surface area contributed by atoms with Crippen LogP contribution in [0.15, 0.2) is 34.8 Å². The fourth-order valence-electron chi connectivity index (χ4n) is 4.68. The molecule has 35 heavy (non-hydrogen) atoms. The van der Waals surface area contributed by atoms with Gasteiger partial charge in [-0.3, -0.25) is 9.59 Å². The largest absolute Gasteiger partial charge is 0.496 e. The van der Waals surface area contributed by atoms with Crippen LogP contribution in [0, 0.1) is 18.8 Å². The number of nitrogens with two attached hydrogens (primary N) is 1. The van der Waals surface area contributed by atoms with Crippen molar-refractivity contribution in [3.63, 3.8) is 0 Å². The highest BCUT2D eigenvalue weighted by Crippen LogP contribution is 2.33. The van der Waals surface area contributed by atoms with Crippen LogP contribution in [0.3, 0.4) is 0 Å². The number of ether oxygens (including phenoxy) is 1. The summed E-state index contributed by atoms with van der Waals surface area (Å²) in [6, 6.07) is 9.38. The van der Waals surface area contributed by atoms with Gasteiger partial charge >= 0.3 is 0 Å². The van der Waals surface area contributed by atoms with E-state index in [9.17, 15) is 9.59 Å². The van der Waals surface area contributed by atoms with Crippen LogP contribution >= 0.6 is 15.9 Å². The minimum absolute atomic E-state index is 0.0600. The summed E-state index contributed by atoms with van der Waals surface area (Å²) in [7, 11) is 1.66. The van der Waals surface area contributed by atoms with Gasteiger partial charge in [0.2, 0.25) is 5.91 Å². The number of nitrogen functional groups attached to an aromatic ring is 1. The first-order valence-corrected chi connectivity index (χ1v) is 13.5. The van der Waals surface area contributed by atoms with Gasteiger partial charge in [0.05, 0.1) is 7.11 Å². The summed E-state index contributed by atoms with van der Waals surface area (Å²) in [6.45, 7) is 7.82. The first-order valence-electron chi connectivity index (χ1n) is 12.7. The van der Waals surface area contributed by atoms with Gasteiger partial charge in [0.1, 0.15) is 5.75 Å². The topological polar surface area (TPSA) is 81.4 Å². The maximum atomic E-state index is 12.4. The summed E-state index contributed by atoms with van der Waals surface area (Å²) < 4.78 is 6.23. The smallest absolute Gasteiger partial charge is 0.227 e. The van der Waals surface area contributed by atoms with E-state index in [1.807, 2.05) is 38.1 Å². The predicted molar refractivity (Wildman–Crippen MR) is 149 cm³/mol. The van der Waals surface area contributed by atoms with Gasteiger partial charge in [-0.2, -0.15) is 0 Å². The molecule has 6 heteroatoms. The molecular formula is C29H41BrN2O3. The lowest BCUT2D eigenvalue weighted by Crippen LogP contribution is -2.27. The first-order chi connectivity index (χ1) is 16.7. The monoisotopic (exact) mass is 544 g/mol. The van der Waals surface area contributed by atoms with Crippen LogP contribution in [0.25, 0.3) is 0 Å². The molecule has 0 radical (unpaired) electrons. The van der Waals surface area contributed by atoms with Crippen molar-refractivity contribution in [3.05, 3.63) is 51.5 Å². The van der Waals surface area contributed by atoms with Crippen molar-refractivity contribution in [3.8, 4) is 5.75 Å². The number of methoxy groups -OCH3 is 1. The number of nitrogens with one attached hydrogen (secondary N) is 1. The SMILES string of the molecule is CCCCC1CCC(C(=O)Nc2ccc(C)c(OC)c2)CC1.CCc1c(Br)cc(N)cc1C(C)=O. The molecule has 0 heterocycles. The fraction of sp³-hybridized carbons (Fsp3) is 0.517. The quantitative estimate of drug-likeness (QED) is 0.263. The predicted octanol–water partition coefficient (Wildman–Crippen LogP) is 7.74. The lowest BCUT2D eigenvalue weighted by atomic mass is 9.79. The van der Waals surface area contributed by atoms with Gasteiger partial charge in [0.25, 0.3) is 0 Å². The Kier molecular flexibility index (Phi) is 11.8. The number of Topliss-reactive ketones (excluding diaryl/α,β-unsaturated/α-hetero) is 1. The number of benzene rings is 2. The molecule has 1 saturated carbocycles. The van der Waals surface area contributed by atoms with Crippen LogP contribution in [0.4, 0.5) is 11.4 Å². The number of carbonyl (C=O) groups is 2. The zero-order valence-electron chi connectivity index (χ0n) is 21.9. The Balaban J connectivity index is 0.000000283. The summed E-state index contributed by atoms with van der Waals surface area (Å²) in [6.07, 6.45) is 9.23. The number of carbonyl (C=O) groups excluding carboxylic acids is 2. The molecule has 0 bridgehead atoms. The van der Waals surface area contributed by atoms with E-state index < -0.39 is 0 Å². The third-order valence-corrected chi connectivity index (χ3v) is 7.52. The van der Waals surface area contributed by atoms with E-state index in [2.05, 4.69) is 28.2 Å². The average Bonchev–Trinajstić information content (AvgIpc) is 2.84. The van der Waals surface area contributed by atoms with Gasteiger partial charge < -0.3 is 15.8 Å². The van der Waals surface area contributed by atoms with Crippen molar-refractivity contribution in [2.24, 2.45) is 11.8 Å². The van der Waals surface area contributed by atoms with Crippen LogP contribution in [0.5, 0.6) is 5.75 Å². The molecule has 2 aromatic rings. The summed E-state index contributed by atoms with van der Waals surface area (Å²) in [5, 5.41) is 3.05. The van der Waals surface area contributed by atoms with Crippen molar-refractivity contribution in [1.29, 1.82) is 0 Å². The van der Waals surface area contributed by atoms with E-state index in [-0.39, 0.29) is 17.6 Å². The summed E-state index contributed by atoms with van der Waals surface area (Å²) in [4.78, 5) is 23.7. The van der Waals surface area contributed by atoms with Crippen molar-refractivity contribution in [2.75, 3.05) is 18.2 Å². The maximum absolute atomic E-state index is 12.4. The zero-order chi connectivity index (χ0) is 26.0. The normalized spacial score (nSPS) is 17.2. The molecule has 0 unspecified atom stereocenters. The molecule has 3 N–H and O–H groups in total. The number of amides is 1.